The average Bonchev–Trinajstić information content (AvgIpc) is 2.86. The van der Waals surface area contributed by atoms with Gasteiger partial charge in [0, 0.05) is 16.5 Å². The van der Waals surface area contributed by atoms with Gasteiger partial charge in [-0.15, -0.1) is 0 Å². The Bertz CT molecular complexity index is 766. The Hall–Kier alpha value is -2.15. The Morgan fingerprint density at radius 3 is 2.64 bits per heavy atom. The van der Waals surface area contributed by atoms with Crippen molar-refractivity contribution >= 4 is 33.5 Å². The molecule has 0 saturated heterocycles. The standard InChI is InChI=1S/C18H21BrN2O4/c1-10-5-7-16(15(19)9-10)20-18(23)13(4)24-17(22)8-6-14-11(2)21-25-12(14)3/h5,7,9,13H,6,8H2,1-4H3,(H,20,23)/t13-/m0/s1. The molecule has 0 unspecified atom stereocenters. The van der Waals surface area contributed by atoms with Gasteiger partial charge in [0.1, 0.15) is 5.76 Å². The highest BCUT2D eigenvalue weighted by Crippen LogP contribution is 2.23. The lowest BCUT2D eigenvalue weighted by molar-refractivity contribution is -0.153. The summed E-state index contributed by atoms with van der Waals surface area (Å²) in [4.78, 5) is 24.2. The Labute approximate surface area is 155 Å². The molecule has 0 fully saturated rings. The highest BCUT2D eigenvalue weighted by atomic mass is 79.9. The van der Waals surface area contributed by atoms with Crippen molar-refractivity contribution in [1.29, 1.82) is 0 Å². The van der Waals surface area contributed by atoms with E-state index in [9.17, 15) is 9.59 Å². The number of halogens is 1. The average molecular weight is 409 g/mol. The number of aryl methyl sites for hydroxylation is 3. The molecule has 7 heteroatoms. The van der Waals surface area contributed by atoms with Gasteiger partial charge in [0.05, 0.1) is 11.4 Å². The number of hydrogen-bond donors (Lipinski definition) is 1. The first-order chi connectivity index (χ1) is 11.8. The zero-order valence-corrected chi connectivity index (χ0v) is 16.3. The van der Waals surface area contributed by atoms with E-state index in [0.717, 1.165) is 21.3 Å². The van der Waals surface area contributed by atoms with Crippen molar-refractivity contribution in [3.05, 3.63) is 45.3 Å². The van der Waals surface area contributed by atoms with Gasteiger partial charge in [-0.2, -0.15) is 0 Å². The third-order valence-electron chi connectivity index (χ3n) is 3.82. The van der Waals surface area contributed by atoms with Gasteiger partial charge in [-0.25, -0.2) is 0 Å². The first-order valence-electron chi connectivity index (χ1n) is 7.96. The molecule has 1 N–H and O–H groups in total. The molecule has 0 radical (unpaired) electrons. The molecular formula is C18H21BrN2O4. The van der Waals surface area contributed by atoms with Crippen molar-refractivity contribution in [2.24, 2.45) is 0 Å². The van der Waals surface area contributed by atoms with E-state index in [1.54, 1.807) is 19.9 Å². The molecule has 1 amide bonds. The summed E-state index contributed by atoms with van der Waals surface area (Å²) in [6, 6.07) is 5.58. The highest BCUT2D eigenvalue weighted by Gasteiger charge is 2.19. The SMILES string of the molecule is Cc1ccc(NC(=O)[C@H](C)OC(=O)CCc2c(C)noc2C)c(Br)c1. The van der Waals surface area contributed by atoms with Crippen LogP contribution in [0.5, 0.6) is 0 Å². The summed E-state index contributed by atoms with van der Waals surface area (Å²) in [6.45, 7) is 7.13. The van der Waals surface area contributed by atoms with Crippen molar-refractivity contribution in [2.45, 2.75) is 46.6 Å². The van der Waals surface area contributed by atoms with Crippen LogP contribution < -0.4 is 5.32 Å². The molecule has 2 rings (SSSR count). The van der Waals surface area contributed by atoms with Crippen LogP contribution in [0, 0.1) is 20.8 Å². The molecule has 1 aromatic heterocycles. The van der Waals surface area contributed by atoms with Crippen LogP contribution in [0.15, 0.2) is 27.2 Å². The normalized spacial score (nSPS) is 11.9. The molecule has 0 saturated carbocycles. The van der Waals surface area contributed by atoms with Crippen molar-refractivity contribution in [1.82, 2.24) is 5.16 Å². The fourth-order valence-electron chi connectivity index (χ4n) is 2.35. The van der Waals surface area contributed by atoms with Crippen LogP contribution in [0.3, 0.4) is 0 Å². The number of nitrogens with zero attached hydrogens (tertiary/aromatic N) is 1. The molecule has 1 atom stereocenters. The zero-order valence-electron chi connectivity index (χ0n) is 14.7. The molecule has 0 aliphatic heterocycles. The fraction of sp³-hybridized carbons (Fsp3) is 0.389. The summed E-state index contributed by atoms with van der Waals surface area (Å²) in [5.74, 6) is -0.124. The number of benzene rings is 1. The largest absolute Gasteiger partial charge is 0.453 e. The molecule has 0 spiro atoms. The highest BCUT2D eigenvalue weighted by molar-refractivity contribution is 9.10. The number of esters is 1. The maximum atomic E-state index is 12.2. The Kier molecular flexibility index (Phi) is 6.36. The molecule has 0 aliphatic carbocycles. The molecule has 25 heavy (non-hydrogen) atoms. The number of anilines is 1. The Balaban J connectivity index is 1.86. The second-order valence-electron chi connectivity index (χ2n) is 5.91. The summed E-state index contributed by atoms with van der Waals surface area (Å²) in [5, 5.41) is 6.59. The van der Waals surface area contributed by atoms with Gasteiger partial charge in [0.2, 0.25) is 0 Å². The topological polar surface area (TPSA) is 81.4 Å². The Morgan fingerprint density at radius 1 is 1.32 bits per heavy atom. The van der Waals surface area contributed by atoms with Gasteiger partial charge in [-0.3, -0.25) is 9.59 Å². The fourth-order valence-corrected chi connectivity index (χ4v) is 2.94. The summed E-state index contributed by atoms with van der Waals surface area (Å²) in [7, 11) is 0. The molecule has 6 nitrogen and oxygen atoms in total. The lowest BCUT2D eigenvalue weighted by Gasteiger charge is -2.14. The van der Waals surface area contributed by atoms with Gasteiger partial charge >= 0.3 is 5.97 Å². The van der Waals surface area contributed by atoms with Gasteiger partial charge in [0.15, 0.2) is 6.10 Å². The van der Waals surface area contributed by atoms with E-state index < -0.39 is 12.1 Å². The van der Waals surface area contributed by atoms with E-state index in [0.29, 0.717) is 17.9 Å². The first kappa shape index (κ1) is 19.2. The number of amides is 1. The molecule has 1 aromatic carbocycles. The van der Waals surface area contributed by atoms with Crippen molar-refractivity contribution in [3.63, 3.8) is 0 Å². The minimum absolute atomic E-state index is 0.161. The summed E-state index contributed by atoms with van der Waals surface area (Å²) >= 11 is 3.40. The predicted octanol–water partition coefficient (Wildman–Crippen LogP) is 3.87. The van der Waals surface area contributed by atoms with Crippen molar-refractivity contribution < 1.29 is 18.8 Å². The smallest absolute Gasteiger partial charge is 0.306 e. The lowest BCUT2D eigenvalue weighted by Crippen LogP contribution is -2.30. The van der Waals surface area contributed by atoms with Gasteiger partial charge < -0.3 is 14.6 Å². The molecule has 2 aromatic rings. The van der Waals surface area contributed by atoms with E-state index in [4.69, 9.17) is 9.26 Å². The van der Waals surface area contributed by atoms with Crippen LogP contribution in [-0.2, 0) is 20.7 Å². The van der Waals surface area contributed by atoms with Crippen LogP contribution >= 0.6 is 15.9 Å². The van der Waals surface area contributed by atoms with E-state index >= 15 is 0 Å². The van der Waals surface area contributed by atoms with E-state index in [2.05, 4.69) is 26.4 Å². The number of carbonyl (C=O) groups excluding carboxylic acids is 2. The van der Waals surface area contributed by atoms with Crippen LogP contribution in [0.1, 0.15) is 35.9 Å². The third-order valence-corrected chi connectivity index (χ3v) is 4.48. The van der Waals surface area contributed by atoms with Crippen LogP contribution in [0.2, 0.25) is 0 Å². The maximum Gasteiger partial charge on any atom is 0.306 e. The van der Waals surface area contributed by atoms with Gasteiger partial charge in [0.25, 0.3) is 5.91 Å². The summed E-state index contributed by atoms with van der Waals surface area (Å²) in [6.07, 6.45) is -0.252. The number of ether oxygens (including phenoxy) is 1. The minimum Gasteiger partial charge on any atom is -0.453 e. The van der Waals surface area contributed by atoms with Gasteiger partial charge in [-0.1, -0.05) is 11.2 Å². The van der Waals surface area contributed by atoms with Crippen molar-refractivity contribution in [3.8, 4) is 0 Å². The summed E-state index contributed by atoms with van der Waals surface area (Å²) in [5.41, 5.74) is 3.37. The van der Waals surface area contributed by atoms with E-state index in [1.165, 1.54) is 0 Å². The maximum absolute atomic E-state index is 12.2. The molecule has 0 aliphatic rings. The summed E-state index contributed by atoms with van der Waals surface area (Å²) < 4.78 is 11.0. The van der Waals surface area contributed by atoms with Crippen molar-refractivity contribution in [2.75, 3.05) is 5.32 Å². The molecule has 0 bridgehead atoms. The number of aromatic nitrogens is 1. The predicted molar refractivity (Wildman–Crippen MR) is 97.4 cm³/mol. The van der Waals surface area contributed by atoms with E-state index in [-0.39, 0.29) is 12.3 Å². The number of carbonyl (C=O) groups is 2. The minimum atomic E-state index is -0.884. The molecular weight excluding hydrogens is 388 g/mol. The second kappa shape index (κ2) is 8.29. The van der Waals surface area contributed by atoms with E-state index in [1.807, 2.05) is 26.0 Å². The quantitative estimate of drug-likeness (QED) is 0.733. The number of rotatable bonds is 6. The second-order valence-corrected chi connectivity index (χ2v) is 6.76. The third kappa shape index (κ3) is 5.16. The van der Waals surface area contributed by atoms with Crippen LogP contribution in [0.25, 0.3) is 0 Å². The number of nitrogens with one attached hydrogen (secondary N) is 1. The lowest BCUT2D eigenvalue weighted by atomic mass is 10.1. The molecule has 134 valence electrons. The Morgan fingerprint density at radius 2 is 2.04 bits per heavy atom. The first-order valence-corrected chi connectivity index (χ1v) is 8.75. The number of hydrogen-bond acceptors (Lipinski definition) is 5. The zero-order chi connectivity index (χ0) is 18.6. The van der Waals surface area contributed by atoms with Crippen LogP contribution in [-0.4, -0.2) is 23.1 Å². The van der Waals surface area contributed by atoms with Crippen LogP contribution in [0.4, 0.5) is 5.69 Å². The van der Waals surface area contributed by atoms with Gasteiger partial charge in [-0.05, 0) is 67.7 Å². The monoisotopic (exact) mass is 408 g/mol. The molecule has 1 heterocycles.